The van der Waals surface area contributed by atoms with Gasteiger partial charge in [-0.1, -0.05) is 103 Å². The summed E-state index contributed by atoms with van der Waals surface area (Å²) >= 11 is 0. The lowest BCUT2D eigenvalue weighted by molar-refractivity contribution is -0.253. The van der Waals surface area contributed by atoms with Gasteiger partial charge in [0.05, 0.1) is 23.7 Å². The Morgan fingerprint density at radius 3 is 2.16 bits per heavy atom. The molecule has 6 rings (SSSR count). The second kappa shape index (κ2) is 16.9. The first-order valence-corrected chi connectivity index (χ1v) is 19.0. The maximum absolute atomic E-state index is 13.5. The normalized spacial score (nSPS) is 20.6. The number of sulfonamides is 1. The van der Waals surface area contributed by atoms with Gasteiger partial charge in [0.15, 0.2) is 6.29 Å². The highest BCUT2D eigenvalue weighted by molar-refractivity contribution is 7.89. The number of piperidine rings is 1. The molecule has 3 N–H and O–H groups in total. The van der Waals surface area contributed by atoms with Gasteiger partial charge in [-0.15, -0.1) is 0 Å². The molecule has 0 aliphatic carbocycles. The molecule has 2 saturated heterocycles. The van der Waals surface area contributed by atoms with E-state index in [1.165, 1.54) is 19.3 Å². The standard InChI is InChI=1S/C40H47N3O6S/c1-29-10-20-36(21-11-29)50(46,47)42-37(24-30-8-4-2-5-9-30)39(45)41-26-31-12-18-34(19-13-31)40-48-35(27-43-22-6-3-7-23-43)25-38(49-40)33-16-14-32(28-44)15-17-33/h2,4-5,8-21,35,37-38,40,42,44H,3,6-7,22-28H2,1H3,(H,41,45)/t35-,37-,38+,40+/m1/s1. The first-order valence-electron chi connectivity index (χ1n) is 17.5. The third kappa shape index (κ3) is 9.66. The van der Waals surface area contributed by atoms with Gasteiger partial charge >= 0.3 is 0 Å². The predicted molar refractivity (Wildman–Crippen MR) is 192 cm³/mol. The van der Waals surface area contributed by atoms with Gasteiger partial charge in [-0.05, 0) is 73.7 Å². The van der Waals surface area contributed by atoms with E-state index in [-0.39, 0.29) is 36.7 Å². The largest absolute Gasteiger partial charge is 0.392 e. The van der Waals surface area contributed by atoms with Crippen LogP contribution < -0.4 is 10.0 Å². The van der Waals surface area contributed by atoms with Crippen LogP contribution in [0, 0.1) is 6.92 Å². The van der Waals surface area contributed by atoms with E-state index in [1.807, 2.05) is 85.8 Å². The number of aliphatic hydroxyl groups is 1. The van der Waals surface area contributed by atoms with Crippen LogP contribution in [0.25, 0.3) is 0 Å². The summed E-state index contributed by atoms with van der Waals surface area (Å²) < 4.78 is 42.2. The topological polar surface area (TPSA) is 117 Å². The first kappa shape index (κ1) is 35.9. The highest BCUT2D eigenvalue weighted by Crippen LogP contribution is 2.38. The fourth-order valence-corrected chi connectivity index (χ4v) is 7.77. The number of hydrogen-bond donors (Lipinski definition) is 3. The minimum Gasteiger partial charge on any atom is -0.392 e. The number of aryl methyl sites for hydroxylation is 1. The second-order valence-electron chi connectivity index (χ2n) is 13.3. The molecular formula is C40H47N3O6S. The van der Waals surface area contributed by atoms with Crippen molar-refractivity contribution >= 4 is 15.9 Å². The Morgan fingerprint density at radius 1 is 0.820 bits per heavy atom. The summed E-state index contributed by atoms with van der Waals surface area (Å²) in [5, 5.41) is 12.5. The van der Waals surface area contributed by atoms with Crippen LogP contribution in [0.1, 0.15) is 71.5 Å². The number of aliphatic hydroxyl groups excluding tert-OH is 1. The number of rotatable bonds is 13. The molecule has 0 radical (unpaired) electrons. The van der Waals surface area contributed by atoms with Crippen molar-refractivity contribution in [2.24, 2.45) is 0 Å². The van der Waals surface area contributed by atoms with Crippen LogP contribution in [0.3, 0.4) is 0 Å². The molecule has 2 aliphatic rings. The average molecular weight is 698 g/mol. The van der Waals surface area contributed by atoms with E-state index in [0.29, 0.717) is 0 Å². The summed E-state index contributed by atoms with van der Waals surface area (Å²) in [6.07, 6.45) is 3.93. The molecule has 1 amide bonds. The first-order chi connectivity index (χ1) is 24.3. The van der Waals surface area contributed by atoms with Gasteiger partial charge in [-0.3, -0.25) is 4.79 Å². The number of amides is 1. The van der Waals surface area contributed by atoms with Crippen molar-refractivity contribution in [3.8, 4) is 0 Å². The second-order valence-corrected chi connectivity index (χ2v) is 15.1. The number of likely N-dealkylation sites (tertiary alicyclic amines) is 1. The lowest BCUT2D eigenvalue weighted by Gasteiger charge is -2.39. The molecule has 4 atom stereocenters. The molecule has 0 saturated carbocycles. The average Bonchev–Trinajstić information content (AvgIpc) is 3.14. The molecule has 2 fully saturated rings. The quantitative estimate of drug-likeness (QED) is 0.164. The number of carbonyl (C=O) groups is 1. The molecule has 0 spiro atoms. The van der Waals surface area contributed by atoms with Gasteiger partial charge in [0.1, 0.15) is 6.04 Å². The van der Waals surface area contributed by atoms with Crippen molar-refractivity contribution < 1.29 is 27.8 Å². The van der Waals surface area contributed by atoms with Gasteiger partial charge in [0, 0.05) is 25.1 Å². The van der Waals surface area contributed by atoms with E-state index < -0.39 is 28.3 Å². The van der Waals surface area contributed by atoms with Crippen LogP contribution in [0.5, 0.6) is 0 Å². The van der Waals surface area contributed by atoms with Gasteiger partial charge in [0.2, 0.25) is 15.9 Å². The van der Waals surface area contributed by atoms with Crippen molar-refractivity contribution in [3.63, 3.8) is 0 Å². The lowest BCUT2D eigenvalue weighted by Crippen LogP contribution is -2.47. The number of nitrogens with zero attached hydrogens (tertiary/aromatic N) is 1. The summed E-state index contributed by atoms with van der Waals surface area (Å²) in [4.78, 5) is 16.1. The Balaban J connectivity index is 1.13. The van der Waals surface area contributed by atoms with Crippen LogP contribution in [0.4, 0.5) is 0 Å². The number of ether oxygens (including phenoxy) is 2. The zero-order chi connectivity index (χ0) is 34.9. The molecule has 4 aromatic rings. The SMILES string of the molecule is Cc1ccc(S(=O)(=O)N[C@H](Cc2ccccc2)C(=O)NCc2ccc([C@H]3O[C@@H](CN4CCCCC4)C[C@@H](c4ccc(CO)cc4)O3)cc2)cc1. The number of hydrogen-bond acceptors (Lipinski definition) is 7. The van der Waals surface area contributed by atoms with Crippen LogP contribution in [0.15, 0.2) is 108 Å². The maximum Gasteiger partial charge on any atom is 0.241 e. The maximum atomic E-state index is 13.5. The molecule has 4 aromatic carbocycles. The summed E-state index contributed by atoms with van der Waals surface area (Å²) in [5.41, 5.74) is 5.45. The Morgan fingerprint density at radius 2 is 1.48 bits per heavy atom. The minimum atomic E-state index is -3.94. The lowest BCUT2D eigenvalue weighted by atomic mass is 9.99. The fraction of sp³-hybridized carbons (Fsp3) is 0.375. The smallest absolute Gasteiger partial charge is 0.241 e. The Labute approximate surface area is 295 Å². The number of benzene rings is 4. The Kier molecular flexibility index (Phi) is 12.1. The van der Waals surface area contributed by atoms with Crippen LogP contribution >= 0.6 is 0 Å². The number of carbonyl (C=O) groups excluding carboxylic acids is 1. The molecule has 9 nitrogen and oxygen atoms in total. The predicted octanol–water partition coefficient (Wildman–Crippen LogP) is 5.72. The zero-order valence-corrected chi connectivity index (χ0v) is 29.4. The van der Waals surface area contributed by atoms with Gasteiger partial charge in [-0.25, -0.2) is 8.42 Å². The third-order valence-corrected chi connectivity index (χ3v) is 11.0. The molecule has 264 valence electrons. The van der Waals surface area contributed by atoms with Crippen LogP contribution in [0.2, 0.25) is 0 Å². The van der Waals surface area contributed by atoms with Gasteiger partial charge in [0.25, 0.3) is 0 Å². The molecule has 50 heavy (non-hydrogen) atoms. The Bertz CT molecular complexity index is 1780. The van der Waals surface area contributed by atoms with Crippen molar-refractivity contribution in [2.75, 3.05) is 19.6 Å². The molecule has 0 unspecified atom stereocenters. The molecule has 10 heteroatoms. The molecular weight excluding hydrogens is 651 g/mol. The summed E-state index contributed by atoms with van der Waals surface area (Å²) in [7, 11) is -3.94. The van der Waals surface area contributed by atoms with E-state index in [4.69, 9.17) is 9.47 Å². The van der Waals surface area contributed by atoms with Crippen molar-refractivity contribution in [2.45, 2.75) is 81.6 Å². The minimum absolute atomic E-state index is 0.00132. The van der Waals surface area contributed by atoms with Crippen LogP contribution in [-0.4, -0.2) is 56.1 Å². The summed E-state index contributed by atoms with van der Waals surface area (Å²) in [6.45, 7) is 5.13. The van der Waals surface area contributed by atoms with E-state index in [0.717, 1.165) is 59.4 Å². The highest BCUT2D eigenvalue weighted by atomic mass is 32.2. The number of nitrogens with one attached hydrogen (secondary N) is 2. The van der Waals surface area contributed by atoms with Crippen molar-refractivity contribution in [1.29, 1.82) is 0 Å². The van der Waals surface area contributed by atoms with Crippen molar-refractivity contribution in [1.82, 2.24) is 14.9 Å². The summed E-state index contributed by atoms with van der Waals surface area (Å²) in [6, 6.07) is 30.6. The zero-order valence-electron chi connectivity index (χ0n) is 28.5. The fourth-order valence-electron chi connectivity index (χ4n) is 6.58. The van der Waals surface area contributed by atoms with Gasteiger partial charge < -0.3 is 24.8 Å². The van der Waals surface area contributed by atoms with E-state index in [1.54, 1.807) is 24.3 Å². The molecule has 2 heterocycles. The third-order valence-electron chi connectivity index (χ3n) is 9.47. The van der Waals surface area contributed by atoms with E-state index in [9.17, 15) is 18.3 Å². The molecule has 0 bridgehead atoms. The summed E-state index contributed by atoms with van der Waals surface area (Å²) in [5.74, 6) is -0.414. The van der Waals surface area contributed by atoms with E-state index in [2.05, 4.69) is 14.9 Å². The Hall–Kier alpha value is -3.90. The van der Waals surface area contributed by atoms with Gasteiger partial charge in [-0.2, -0.15) is 4.72 Å². The molecule has 0 aromatic heterocycles. The molecule has 2 aliphatic heterocycles. The van der Waals surface area contributed by atoms with Crippen molar-refractivity contribution in [3.05, 3.63) is 137 Å². The van der Waals surface area contributed by atoms with E-state index >= 15 is 0 Å². The van der Waals surface area contributed by atoms with Crippen LogP contribution in [-0.2, 0) is 43.9 Å². The highest BCUT2D eigenvalue weighted by Gasteiger charge is 2.33. The monoisotopic (exact) mass is 697 g/mol.